The number of thioether (sulfide) groups is 1. The SMILES string of the molecule is CCOC(=O)c1cc(N)cnc1Nc1ccc(SC)cc1. The van der Waals surface area contributed by atoms with Crippen LogP contribution in [0.5, 0.6) is 0 Å². The van der Waals surface area contributed by atoms with Crippen LogP contribution in [0.15, 0.2) is 41.4 Å². The van der Waals surface area contributed by atoms with Crippen LogP contribution in [0.1, 0.15) is 17.3 Å². The Morgan fingerprint density at radius 1 is 1.38 bits per heavy atom. The number of nitrogens with one attached hydrogen (secondary N) is 1. The second kappa shape index (κ2) is 6.99. The molecule has 0 aliphatic rings. The minimum atomic E-state index is -0.444. The zero-order valence-corrected chi connectivity index (χ0v) is 12.7. The molecule has 110 valence electrons. The molecule has 1 aromatic heterocycles. The standard InChI is InChI=1S/C15H17N3O2S/c1-3-20-15(19)13-8-10(16)9-17-14(13)18-11-4-6-12(21-2)7-5-11/h4-9H,3,16H2,1-2H3,(H,17,18). The number of hydrogen-bond acceptors (Lipinski definition) is 6. The van der Waals surface area contributed by atoms with Gasteiger partial charge in [-0.2, -0.15) is 0 Å². The van der Waals surface area contributed by atoms with Gasteiger partial charge in [0.2, 0.25) is 0 Å². The fraction of sp³-hybridized carbons (Fsp3) is 0.200. The third kappa shape index (κ3) is 3.88. The minimum absolute atomic E-state index is 0.301. The number of benzene rings is 1. The molecule has 2 rings (SSSR count). The van der Waals surface area contributed by atoms with Gasteiger partial charge < -0.3 is 15.8 Å². The van der Waals surface area contributed by atoms with Crippen molar-refractivity contribution in [1.29, 1.82) is 0 Å². The molecule has 0 amide bonds. The summed E-state index contributed by atoms with van der Waals surface area (Å²) in [6.45, 7) is 2.06. The van der Waals surface area contributed by atoms with Gasteiger partial charge >= 0.3 is 5.97 Å². The summed E-state index contributed by atoms with van der Waals surface area (Å²) < 4.78 is 5.02. The molecule has 3 N–H and O–H groups in total. The van der Waals surface area contributed by atoms with Crippen molar-refractivity contribution >= 4 is 34.9 Å². The number of nitrogens with two attached hydrogens (primary N) is 1. The van der Waals surface area contributed by atoms with E-state index in [0.29, 0.717) is 23.7 Å². The Morgan fingerprint density at radius 3 is 2.71 bits per heavy atom. The molecule has 0 unspecified atom stereocenters. The average molecular weight is 303 g/mol. The number of nitrogen functional groups attached to an aromatic ring is 1. The first-order valence-corrected chi connectivity index (χ1v) is 7.70. The minimum Gasteiger partial charge on any atom is -0.462 e. The Balaban J connectivity index is 2.27. The van der Waals surface area contributed by atoms with Crippen molar-refractivity contribution in [2.75, 3.05) is 23.9 Å². The molecule has 0 fully saturated rings. The molecular weight excluding hydrogens is 286 g/mol. The molecule has 0 aliphatic heterocycles. The van der Waals surface area contributed by atoms with E-state index < -0.39 is 5.97 Å². The number of ether oxygens (including phenoxy) is 1. The second-order valence-corrected chi connectivity index (χ2v) is 5.12. The Labute approximate surface area is 127 Å². The van der Waals surface area contributed by atoms with Crippen LogP contribution in [-0.4, -0.2) is 23.8 Å². The first-order valence-electron chi connectivity index (χ1n) is 6.47. The van der Waals surface area contributed by atoms with Gasteiger partial charge in [0.1, 0.15) is 11.4 Å². The molecule has 0 atom stereocenters. The van der Waals surface area contributed by atoms with Crippen molar-refractivity contribution in [1.82, 2.24) is 4.98 Å². The van der Waals surface area contributed by atoms with Crippen LogP contribution >= 0.6 is 11.8 Å². The highest BCUT2D eigenvalue weighted by molar-refractivity contribution is 7.98. The van der Waals surface area contributed by atoms with Crippen molar-refractivity contribution in [3.8, 4) is 0 Å². The van der Waals surface area contributed by atoms with Crippen LogP contribution in [0.25, 0.3) is 0 Å². The van der Waals surface area contributed by atoms with E-state index in [0.717, 1.165) is 10.6 Å². The lowest BCUT2D eigenvalue weighted by Crippen LogP contribution is -2.10. The number of pyridine rings is 1. The first-order chi connectivity index (χ1) is 10.1. The van der Waals surface area contributed by atoms with Gasteiger partial charge in [-0.15, -0.1) is 11.8 Å². The third-order valence-electron chi connectivity index (χ3n) is 2.76. The normalized spacial score (nSPS) is 10.2. The summed E-state index contributed by atoms with van der Waals surface area (Å²) >= 11 is 1.67. The number of nitrogens with zero attached hydrogens (tertiary/aromatic N) is 1. The van der Waals surface area contributed by atoms with E-state index in [1.165, 1.54) is 6.20 Å². The maximum Gasteiger partial charge on any atom is 0.341 e. The van der Waals surface area contributed by atoms with Crippen molar-refractivity contribution in [3.63, 3.8) is 0 Å². The van der Waals surface area contributed by atoms with Gasteiger partial charge in [0, 0.05) is 10.6 Å². The Morgan fingerprint density at radius 2 is 2.10 bits per heavy atom. The number of esters is 1. The Bertz CT molecular complexity index is 629. The summed E-state index contributed by atoms with van der Waals surface area (Å²) in [4.78, 5) is 17.3. The van der Waals surface area contributed by atoms with Crippen molar-refractivity contribution in [2.45, 2.75) is 11.8 Å². The Hall–Kier alpha value is -2.21. The van der Waals surface area contributed by atoms with Gasteiger partial charge in [0.05, 0.1) is 18.5 Å². The van der Waals surface area contributed by atoms with E-state index in [-0.39, 0.29) is 0 Å². The largest absolute Gasteiger partial charge is 0.462 e. The summed E-state index contributed by atoms with van der Waals surface area (Å²) in [5.74, 6) is -0.0138. The van der Waals surface area contributed by atoms with E-state index in [1.54, 1.807) is 24.8 Å². The topological polar surface area (TPSA) is 77.2 Å². The van der Waals surface area contributed by atoms with Crippen molar-refractivity contribution in [3.05, 3.63) is 42.1 Å². The van der Waals surface area contributed by atoms with Crippen LogP contribution < -0.4 is 11.1 Å². The predicted molar refractivity (Wildman–Crippen MR) is 86.1 cm³/mol. The first kappa shape index (κ1) is 15.2. The summed E-state index contributed by atoms with van der Waals surface area (Å²) in [6, 6.07) is 9.41. The van der Waals surface area contributed by atoms with Crippen LogP contribution in [0.4, 0.5) is 17.2 Å². The molecule has 0 saturated heterocycles. The molecule has 6 heteroatoms. The summed E-state index contributed by atoms with van der Waals surface area (Å²) in [5.41, 5.74) is 7.28. The molecular formula is C15H17N3O2S. The molecule has 0 saturated carbocycles. The maximum atomic E-state index is 11.9. The van der Waals surface area contributed by atoms with E-state index in [2.05, 4.69) is 10.3 Å². The second-order valence-electron chi connectivity index (χ2n) is 4.24. The number of carbonyl (C=O) groups excluding carboxylic acids is 1. The number of anilines is 3. The number of rotatable bonds is 5. The highest BCUT2D eigenvalue weighted by Gasteiger charge is 2.14. The molecule has 0 bridgehead atoms. The summed E-state index contributed by atoms with van der Waals surface area (Å²) in [6.07, 6.45) is 3.52. The monoisotopic (exact) mass is 303 g/mol. The van der Waals surface area contributed by atoms with E-state index in [9.17, 15) is 4.79 Å². The third-order valence-corrected chi connectivity index (χ3v) is 3.50. The highest BCUT2D eigenvalue weighted by Crippen LogP contribution is 2.23. The average Bonchev–Trinajstić information content (AvgIpc) is 2.50. The zero-order chi connectivity index (χ0) is 15.2. The van der Waals surface area contributed by atoms with Gasteiger partial charge in [0.15, 0.2) is 0 Å². The lowest BCUT2D eigenvalue weighted by Gasteiger charge is -2.11. The van der Waals surface area contributed by atoms with Crippen LogP contribution in [0.3, 0.4) is 0 Å². The molecule has 21 heavy (non-hydrogen) atoms. The molecule has 2 aromatic rings. The van der Waals surface area contributed by atoms with E-state index >= 15 is 0 Å². The van der Waals surface area contributed by atoms with Crippen LogP contribution in [0, 0.1) is 0 Å². The lowest BCUT2D eigenvalue weighted by atomic mass is 10.2. The van der Waals surface area contributed by atoms with Gasteiger partial charge in [-0.3, -0.25) is 0 Å². The van der Waals surface area contributed by atoms with Gasteiger partial charge in [-0.25, -0.2) is 9.78 Å². The van der Waals surface area contributed by atoms with Crippen LogP contribution in [-0.2, 0) is 4.74 Å². The molecule has 1 aromatic carbocycles. The molecule has 0 radical (unpaired) electrons. The number of aromatic nitrogens is 1. The van der Waals surface area contributed by atoms with Crippen molar-refractivity contribution in [2.24, 2.45) is 0 Å². The highest BCUT2D eigenvalue weighted by atomic mass is 32.2. The molecule has 1 heterocycles. The van der Waals surface area contributed by atoms with E-state index in [4.69, 9.17) is 10.5 Å². The summed E-state index contributed by atoms with van der Waals surface area (Å²) in [5, 5.41) is 3.11. The molecule has 0 aliphatic carbocycles. The number of hydrogen-bond donors (Lipinski definition) is 2. The predicted octanol–water partition coefficient (Wildman–Crippen LogP) is 3.31. The molecule has 0 spiro atoms. The Kier molecular flexibility index (Phi) is 5.05. The quantitative estimate of drug-likeness (QED) is 0.652. The maximum absolute atomic E-state index is 11.9. The lowest BCUT2D eigenvalue weighted by molar-refractivity contribution is 0.0527. The fourth-order valence-electron chi connectivity index (χ4n) is 1.76. The summed E-state index contributed by atoms with van der Waals surface area (Å²) in [7, 11) is 0. The number of carbonyl (C=O) groups is 1. The zero-order valence-electron chi connectivity index (χ0n) is 11.9. The van der Waals surface area contributed by atoms with Crippen LogP contribution in [0.2, 0.25) is 0 Å². The smallest absolute Gasteiger partial charge is 0.341 e. The van der Waals surface area contributed by atoms with E-state index in [1.807, 2.05) is 30.5 Å². The van der Waals surface area contributed by atoms with Gasteiger partial charge in [-0.05, 0) is 43.5 Å². The van der Waals surface area contributed by atoms with Gasteiger partial charge in [0.25, 0.3) is 0 Å². The van der Waals surface area contributed by atoms with Crippen molar-refractivity contribution < 1.29 is 9.53 Å². The van der Waals surface area contributed by atoms with Gasteiger partial charge in [-0.1, -0.05) is 0 Å². The fourth-order valence-corrected chi connectivity index (χ4v) is 2.16. The molecule has 5 nitrogen and oxygen atoms in total.